The van der Waals surface area contributed by atoms with Crippen molar-refractivity contribution in [3.63, 3.8) is 0 Å². The smallest absolute Gasteiger partial charge is 0.162 e. The lowest BCUT2D eigenvalue weighted by atomic mass is 10.2. The first-order valence-electron chi connectivity index (χ1n) is 5.89. The second-order valence-corrected chi connectivity index (χ2v) is 5.45. The van der Waals surface area contributed by atoms with Crippen LogP contribution in [-0.4, -0.2) is 19.8 Å². The second kappa shape index (κ2) is 7.44. The van der Waals surface area contributed by atoms with Crippen LogP contribution in [0.2, 0.25) is 0 Å². The standard InChI is InChI=1S/C14H20BrNO2/c1-10(2)16-8-12-5-6-13(17-4)14(7-12)18-9-11(3)15/h5-7,10,16H,3,8-9H2,1-2,4H3. The summed E-state index contributed by atoms with van der Waals surface area (Å²) in [7, 11) is 1.64. The maximum Gasteiger partial charge on any atom is 0.162 e. The highest BCUT2D eigenvalue weighted by atomic mass is 79.9. The summed E-state index contributed by atoms with van der Waals surface area (Å²) in [6.45, 7) is 9.23. The highest BCUT2D eigenvalue weighted by Gasteiger charge is 2.06. The number of nitrogens with one attached hydrogen (secondary N) is 1. The van der Waals surface area contributed by atoms with Crippen LogP contribution in [0.4, 0.5) is 0 Å². The molecule has 4 heteroatoms. The van der Waals surface area contributed by atoms with E-state index in [9.17, 15) is 0 Å². The number of methoxy groups -OCH3 is 1. The van der Waals surface area contributed by atoms with Crippen molar-refractivity contribution in [2.45, 2.75) is 26.4 Å². The van der Waals surface area contributed by atoms with Crippen LogP contribution >= 0.6 is 15.9 Å². The summed E-state index contributed by atoms with van der Waals surface area (Å²) in [6, 6.07) is 6.40. The van der Waals surface area contributed by atoms with Gasteiger partial charge < -0.3 is 14.8 Å². The number of hydrogen-bond acceptors (Lipinski definition) is 3. The lowest BCUT2D eigenvalue weighted by Gasteiger charge is -2.13. The maximum atomic E-state index is 5.64. The fraction of sp³-hybridized carbons (Fsp3) is 0.429. The monoisotopic (exact) mass is 313 g/mol. The molecule has 0 spiro atoms. The van der Waals surface area contributed by atoms with Gasteiger partial charge in [0.05, 0.1) is 7.11 Å². The molecule has 0 aliphatic heterocycles. The molecule has 0 saturated carbocycles. The molecule has 0 aromatic heterocycles. The molecule has 0 bridgehead atoms. The third kappa shape index (κ3) is 5.10. The Bertz CT molecular complexity index is 405. The lowest BCUT2D eigenvalue weighted by Crippen LogP contribution is -2.21. The maximum absolute atomic E-state index is 5.64. The predicted molar refractivity (Wildman–Crippen MR) is 78.5 cm³/mol. The average Bonchev–Trinajstić information content (AvgIpc) is 2.33. The fourth-order valence-corrected chi connectivity index (χ4v) is 1.54. The van der Waals surface area contributed by atoms with E-state index < -0.39 is 0 Å². The van der Waals surface area contributed by atoms with E-state index in [1.165, 1.54) is 5.56 Å². The van der Waals surface area contributed by atoms with Crippen molar-refractivity contribution in [3.05, 3.63) is 34.8 Å². The molecule has 0 aliphatic rings. The molecular weight excluding hydrogens is 294 g/mol. The van der Waals surface area contributed by atoms with Gasteiger partial charge in [-0.15, -0.1) is 0 Å². The SMILES string of the molecule is C=C(Br)COc1cc(CNC(C)C)ccc1OC. The van der Waals surface area contributed by atoms with Crippen LogP contribution in [-0.2, 0) is 6.54 Å². The topological polar surface area (TPSA) is 30.5 Å². The van der Waals surface area contributed by atoms with Crippen molar-refractivity contribution in [2.75, 3.05) is 13.7 Å². The minimum atomic E-state index is 0.428. The van der Waals surface area contributed by atoms with Gasteiger partial charge in [-0.2, -0.15) is 0 Å². The highest BCUT2D eigenvalue weighted by Crippen LogP contribution is 2.28. The largest absolute Gasteiger partial charge is 0.493 e. The van der Waals surface area contributed by atoms with E-state index in [2.05, 4.69) is 41.7 Å². The van der Waals surface area contributed by atoms with Crippen molar-refractivity contribution in [1.29, 1.82) is 0 Å². The summed E-state index contributed by atoms with van der Waals surface area (Å²) in [5, 5.41) is 3.37. The number of benzene rings is 1. The summed E-state index contributed by atoms with van der Waals surface area (Å²) in [5.74, 6) is 1.47. The predicted octanol–water partition coefficient (Wildman–Crippen LogP) is 3.48. The first kappa shape index (κ1) is 15.1. The van der Waals surface area contributed by atoms with Crippen LogP contribution in [0, 0.1) is 0 Å². The van der Waals surface area contributed by atoms with Crippen molar-refractivity contribution >= 4 is 15.9 Å². The van der Waals surface area contributed by atoms with Gasteiger partial charge in [0.2, 0.25) is 0 Å². The molecular formula is C14H20BrNO2. The van der Waals surface area contributed by atoms with Crippen LogP contribution in [0.1, 0.15) is 19.4 Å². The Balaban J connectivity index is 2.77. The molecule has 0 unspecified atom stereocenters. The zero-order valence-corrected chi connectivity index (χ0v) is 12.7. The third-order valence-electron chi connectivity index (χ3n) is 2.33. The van der Waals surface area contributed by atoms with Crippen LogP contribution in [0.3, 0.4) is 0 Å². The molecule has 1 aromatic rings. The first-order valence-corrected chi connectivity index (χ1v) is 6.68. The first-order chi connectivity index (χ1) is 8.52. The van der Waals surface area contributed by atoms with Gasteiger partial charge >= 0.3 is 0 Å². The molecule has 3 nitrogen and oxygen atoms in total. The zero-order chi connectivity index (χ0) is 13.5. The van der Waals surface area contributed by atoms with E-state index in [4.69, 9.17) is 9.47 Å². The van der Waals surface area contributed by atoms with Gasteiger partial charge in [0.25, 0.3) is 0 Å². The van der Waals surface area contributed by atoms with E-state index in [1.807, 2.05) is 18.2 Å². The Kier molecular flexibility index (Phi) is 6.22. The molecule has 18 heavy (non-hydrogen) atoms. The molecule has 0 aliphatic carbocycles. The van der Waals surface area contributed by atoms with Crippen LogP contribution in [0.15, 0.2) is 29.3 Å². The number of hydrogen-bond donors (Lipinski definition) is 1. The quantitative estimate of drug-likeness (QED) is 0.836. The average molecular weight is 314 g/mol. The Labute approximate surface area is 117 Å². The van der Waals surface area contributed by atoms with E-state index in [0.29, 0.717) is 12.6 Å². The number of rotatable bonds is 7. The molecule has 0 radical (unpaired) electrons. The second-order valence-electron chi connectivity index (χ2n) is 4.33. The summed E-state index contributed by atoms with van der Waals surface area (Å²) in [6.07, 6.45) is 0. The van der Waals surface area contributed by atoms with Crippen molar-refractivity contribution < 1.29 is 9.47 Å². The molecule has 100 valence electrons. The Morgan fingerprint density at radius 1 is 1.39 bits per heavy atom. The van der Waals surface area contributed by atoms with E-state index in [0.717, 1.165) is 22.5 Å². The fourth-order valence-electron chi connectivity index (χ4n) is 1.42. The Morgan fingerprint density at radius 3 is 2.67 bits per heavy atom. The third-order valence-corrected chi connectivity index (χ3v) is 2.56. The van der Waals surface area contributed by atoms with Gasteiger partial charge in [0.15, 0.2) is 11.5 Å². The summed E-state index contributed by atoms with van der Waals surface area (Å²) in [5.41, 5.74) is 1.17. The van der Waals surface area contributed by atoms with Crippen LogP contribution in [0.5, 0.6) is 11.5 Å². The van der Waals surface area contributed by atoms with Gasteiger partial charge in [-0.3, -0.25) is 0 Å². The zero-order valence-electron chi connectivity index (χ0n) is 11.1. The molecule has 0 fully saturated rings. The van der Waals surface area contributed by atoms with E-state index in [-0.39, 0.29) is 0 Å². The molecule has 0 saturated heterocycles. The Hall–Kier alpha value is -1.00. The molecule has 1 rings (SSSR count). The molecule has 1 N–H and O–H groups in total. The highest BCUT2D eigenvalue weighted by molar-refractivity contribution is 9.11. The van der Waals surface area contributed by atoms with Gasteiger partial charge in [-0.1, -0.05) is 42.4 Å². The van der Waals surface area contributed by atoms with Gasteiger partial charge in [-0.05, 0) is 17.7 Å². The van der Waals surface area contributed by atoms with Crippen LogP contribution in [0.25, 0.3) is 0 Å². The van der Waals surface area contributed by atoms with Gasteiger partial charge in [-0.25, -0.2) is 0 Å². The van der Waals surface area contributed by atoms with Gasteiger partial charge in [0, 0.05) is 17.1 Å². The Morgan fingerprint density at radius 2 is 2.11 bits per heavy atom. The molecule has 0 amide bonds. The van der Waals surface area contributed by atoms with Crippen molar-refractivity contribution in [3.8, 4) is 11.5 Å². The summed E-state index contributed by atoms with van der Waals surface area (Å²) in [4.78, 5) is 0. The normalized spacial score (nSPS) is 10.5. The lowest BCUT2D eigenvalue weighted by molar-refractivity contribution is 0.324. The minimum Gasteiger partial charge on any atom is -0.493 e. The number of ether oxygens (including phenoxy) is 2. The molecule has 1 aromatic carbocycles. The van der Waals surface area contributed by atoms with Gasteiger partial charge in [0.1, 0.15) is 6.61 Å². The number of halogens is 1. The van der Waals surface area contributed by atoms with Crippen molar-refractivity contribution in [1.82, 2.24) is 5.32 Å². The summed E-state index contributed by atoms with van der Waals surface area (Å²) < 4.78 is 11.7. The molecule has 0 atom stereocenters. The van der Waals surface area contributed by atoms with Crippen LogP contribution < -0.4 is 14.8 Å². The van der Waals surface area contributed by atoms with E-state index >= 15 is 0 Å². The van der Waals surface area contributed by atoms with Crippen molar-refractivity contribution in [2.24, 2.45) is 0 Å². The van der Waals surface area contributed by atoms with E-state index in [1.54, 1.807) is 7.11 Å². The molecule has 0 heterocycles. The minimum absolute atomic E-state index is 0.428. The summed E-state index contributed by atoms with van der Waals surface area (Å²) >= 11 is 3.27.